The summed E-state index contributed by atoms with van der Waals surface area (Å²) >= 11 is 0. The third-order valence-corrected chi connectivity index (χ3v) is 7.26. The van der Waals surface area contributed by atoms with E-state index in [1.54, 1.807) is 31.6 Å². The van der Waals surface area contributed by atoms with Crippen LogP contribution in [0.3, 0.4) is 0 Å². The number of carbonyl (C=O) groups is 2. The van der Waals surface area contributed by atoms with E-state index in [4.69, 9.17) is 4.74 Å². The van der Waals surface area contributed by atoms with Crippen LogP contribution in [0.5, 0.6) is 6.01 Å². The molecular formula is C28H31FN8O3. The van der Waals surface area contributed by atoms with Crippen molar-refractivity contribution in [3.8, 4) is 6.01 Å². The molecule has 2 aromatic carbocycles. The zero-order chi connectivity index (χ0) is 28.0. The molecule has 40 heavy (non-hydrogen) atoms. The van der Waals surface area contributed by atoms with Crippen LogP contribution in [-0.4, -0.2) is 69.4 Å². The number of fused-ring (bicyclic) bond motifs is 2. The van der Waals surface area contributed by atoms with Gasteiger partial charge in [0, 0.05) is 79.7 Å². The molecule has 11 nitrogen and oxygen atoms in total. The highest BCUT2D eigenvalue weighted by molar-refractivity contribution is 6.14. The van der Waals surface area contributed by atoms with Crippen molar-refractivity contribution in [1.29, 1.82) is 0 Å². The van der Waals surface area contributed by atoms with E-state index in [0.29, 0.717) is 40.5 Å². The fourth-order valence-electron chi connectivity index (χ4n) is 5.61. The topological polar surface area (TPSA) is 126 Å². The second kappa shape index (κ2) is 10.3. The lowest BCUT2D eigenvalue weighted by atomic mass is 10.0. The number of piperazine rings is 1. The number of aryl methyl sites for hydroxylation is 1. The van der Waals surface area contributed by atoms with Gasteiger partial charge in [-0.25, -0.2) is 9.37 Å². The molecule has 0 radical (unpaired) electrons. The summed E-state index contributed by atoms with van der Waals surface area (Å²) in [6.45, 7) is 6.35. The zero-order valence-electron chi connectivity index (χ0n) is 22.6. The number of anilines is 2. The predicted molar refractivity (Wildman–Crippen MR) is 149 cm³/mol. The van der Waals surface area contributed by atoms with Gasteiger partial charge in [-0.15, -0.1) is 0 Å². The fourth-order valence-corrected chi connectivity index (χ4v) is 5.61. The minimum absolute atomic E-state index is 0.0841. The van der Waals surface area contributed by atoms with E-state index in [1.807, 2.05) is 6.07 Å². The molecule has 0 saturated carbocycles. The number of carbonyl (C=O) groups excluding carboxylic acids is 2. The molecule has 3 N–H and O–H groups in total. The highest BCUT2D eigenvalue weighted by atomic mass is 19.1. The first-order chi connectivity index (χ1) is 19.2. The summed E-state index contributed by atoms with van der Waals surface area (Å²) in [5.74, 6) is -1.05. The van der Waals surface area contributed by atoms with E-state index in [0.717, 1.165) is 18.8 Å². The molecule has 0 bridgehead atoms. The molecule has 6 rings (SSSR count). The Balaban J connectivity index is 1.38. The van der Waals surface area contributed by atoms with E-state index < -0.39 is 11.7 Å². The Morgan fingerprint density at radius 3 is 2.75 bits per heavy atom. The van der Waals surface area contributed by atoms with Gasteiger partial charge in [-0.05, 0) is 38.1 Å². The molecule has 2 amide bonds. The van der Waals surface area contributed by atoms with Crippen LogP contribution in [0.15, 0.2) is 36.7 Å². The lowest BCUT2D eigenvalue weighted by molar-refractivity contribution is -0.124. The van der Waals surface area contributed by atoms with Gasteiger partial charge in [-0.2, -0.15) is 10.1 Å². The summed E-state index contributed by atoms with van der Waals surface area (Å²) in [4.78, 5) is 36.8. The number of amides is 2. The number of halogens is 1. The first kappa shape index (κ1) is 25.9. The largest absolute Gasteiger partial charge is 0.460 e. The second-order valence-corrected chi connectivity index (χ2v) is 10.7. The summed E-state index contributed by atoms with van der Waals surface area (Å²) in [6, 6.07) is 7.23. The number of nitrogens with zero attached hydrogens (tertiary/aromatic N) is 5. The Kier molecular flexibility index (Phi) is 6.70. The fraction of sp³-hybridized carbons (Fsp3) is 0.393. The Morgan fingerprint density at radius 2 is 1.98 bits per heavy atom. The van der Waals surface area contributed by atoms with E-state index in [9.17, 15) is 14.0 Å². The van der Waals surface area contributed by atoms with E-state index >= 15 is 0 Å². The van der Waals surface area contributed by atoms with Crippen molar-refractivity contribution in [3.63, 3.8) is 0 Å². The van der Waals surface area contributed by atoms with Crippen LogP contribution in [0.4, 0.5) is 15.8 Å². The molecular weight excluding hydrogens is 515 g/mol. The predicted octanol–water partition coefficient (Wildman–Crippen LogP) is 2.75. The minimum Gasteiger partial charge on any atom is -0.460 e. The molecule has 2 aliphatic rings. The highest BCUT2D eigenvalue weighted by Gasteiger charge is 2.26. The Labute approximate surface area is 230 Å². The molecule has 4 aromatic rings. The molecule has 208 valence electrons. The average Bonchev–Trinajstić information content (AvgIpc) is 3.28. The number of hydrogen-bond donors (Lipinski definition) is 3. The number of ether oxygens (including phenoxy) is 1. The van der Waals surface area contributed by atoms with Crippen LogP contribution in [-0.2, 0) is 11.8 Å². The van der Waals surface area contributed by atoms with Crippen molar-refractivity contribution < 1.29 is 18.7 Å². The lowest BCUT2D eigenvalue weighted by Crippen LogP contribution is -2.54. The van der Waals surface area contributed by atoms with Crippen LogP contribution in [0.1, 0.15) is 37.0 Å². The van der Waals surface area contributed by atoms with Gasteiger partial charge >= 0.3 is 6.01 Å². The highest BCUT2D eigenvalue weighted by Crippen LogP contribution is 2.32. The van der Waals surface area contributed by atoms with Gasteiger partial charge in [0.25, 0.3) is 5.91 Å². The van der Waals surface area contributed by atoms with Crippen molar-refractivity contribution in [2.45, 2.75) is 44.9 Å². The van der Waals surface area contributed by atoms with Crippen molar-refractivity contribution in [2.24, 2.45) is 7.05 Å². The van der Waals surface area contributed by atoms with E-state index in [2.05, 4.69) is 49.8 Å². The number of piperidine rings is 1. The van der Waals surface area contributed by atoms with E-state index in [-0.39, 0.29) is 42.0 Å². The summed E-state index contributed by atoms with van der Waals surface area (Å²) in [5, 5.41) is 14.5. The molecule has 12 heteroatoms. The van der Waals surface area contributed by atoms with Gasteiger partial charge in [-0.1, -0.05) is 0 Å². The standard InChI is InChI=1S/C28H31FN8O3/c1-15-12-37(13-16(2)32-15)23-5-4-20(27(39)33-18-8-17-14-36(3)35-25(17)22(29)9-18)26-21(23)11-31-28(34-26)40-19-6-7-30-24(38)10-19/h4-5,8-9,11,14-16,19,32H,6-7,10,12-13H2,1-3H3,(H,30,38)(H,33,39)/t15-,16+,19?. The molecule has 1 unspecified atom stereocenters. The Bertz CT molecular complexity index is 1610. The molecule has 2 aliphatic heterocycles. The summed E-state index contributed by atoms with van der Waals surface area (Å²) < 4.78 is 22.2. The van der Waals surface area contributed by atoms with Crippen molar-refractivity contribution in [2.75, 3.05) is 29.9 Å². The smallest absolute Gasteiger partial charge is 0.317 e. The van der Waals surface area contributed by atoms with E-state index in [1.165, 1.54) is 10.7 Å². The molecule has 3 atom stereocenters. The SMILES string of the molecule is C[C@@H]1CN(c2ccc(C(=O)Nc3cc(F)c4nn(C)cc4c3)c3nc(OC4CCNC(=O)C4)ncc23)C[C@H](C)N1. The Hall–Kier alpha value is -4.32. The molecule has 2 aromatic heterocycles. The first-order valence-corrected chi connectivity index (χ1v) is 13.4. The van der Waals surface area contributed by atoms with Crippen molar-refractivity contribution in [1.82, 2.24) is 30.4 Å². The quantitative estimate of drug-likeness (QED) is 0.349. The zero-order valence-corrected chi connectivity index (χ0v) is 22.6. The number of aromatic nitrogens is 4. The van der Waals surface area contributed by atoms with Crippen molar-refractivity contribution in [3.05, 3.63) is 48.0 Å². The van der Waals surface area contributed by atoms with Crippen molar-refractivity contribution >= 4 is 45.0 Å². The third-order valence-electron chi connectivity index (χ3n) is 7.26. The van der Waals surface area contributed by atoms with Crippen LogP contribution < -0.4 is 25.6 Å². The molecule has 2 fully saturated rings. The monoisotopic (exact) mass is 546 g/mol. The normalized spacial score (nSPS) is 21.4. The summed E-state index contributed by atoms with van der Waals surface area (Å²) in [6.07, 6.45) is 3.87. The molecule has 2 saturated heterocycles. The molecule has 0 spiro atoms. The number of rotatable bonds is 5. The average molecular weight is 547 g/mol. The molecule has 4 heterocycles. The second-order valence-electron chi connectivity index (χ2n) is 10.7. The maximum Gasteiger partial charge on any atom is 0.317 e. The van der Waals surface area contributed by atoms with Gasteiger partial charge in [0.1, 0.15) is 11.6 Å². The number of nitrogens with one attached hydrogen (secondary N) is 3. The van der Waals surface area contributed by atoms with Crippen LogP contribution >= 0.6 is 0 Å². The summed E-state index contributed by atoms with van der Waals surface area (Å²) in [5.41, 5.74) is 2.18. The van der Waals surface area contributed by atoms with Crippen LogP contribution in [0.25, 0.3) is 21.8 Å². The lowest BCUT2D eigenvalue weighted by Gasteiger charge is -2.38. The van der Waals surface area contributed by atoms with Gasteiger partial charge in [0.15, 0.2) is 5.82 Å². The first-order valence-electron chi connectivity index (χ1n) is 13.4. The number of hydrogen-bond acceptors (Lipinski definition) is 8. The maximum atomic E-state index is 14.7. The van der Waals surface area contributed by atoms with Gasteiger partial charge < -0.3 is 25.6 Å². The van der Waals surface area contributed by atoms with Gasteiger partial charge in [-0.3, -0.25) is 14.3 Å². The third kappa shape index (κ3) is 5.14. The van der Waals surface area contributed by atoms with Crippen LogP contribution in [0.2, 0.25) is 0 Å². The Morgan fingerprint density at radius 1 is 1.18 bits per heavy atom. The summed E-state index contributed by atoms with van der Waals surface area (Å²) in [7, 11) is 1.71. The molecule has 0 aliphatic carbocycles. The van der Waals surface area contributed by atoms with Gasteiger partial charge in [0.05, 0.1) is 17.5 Å². The maximum absolute atomic E-state index is 14.7. The minimum atomic E-state index is -0.523. The van der Waals surface area contributed by atoms with Gasteiger partial charge in [0.2, 0.25) is 5.91 Å². The number of benzene rings is 2. The van der Waals surface area contributed by atoms with Crippen LogP contribution in [0, 0.1) is 5.82 Å².